The maximum absolute atomic E-state index is 4.12. The molecular weight excluding hydrogens is 188 g/mol. The lowest BCUT2D eigenvalue weighted by Crippen LogP contribution is -2.22. The van der Waals surface area contributed by atoms with Gasteiger partial charge in [-0.15, -0.1) is 5.10 Å². The van der Waals surface area contributed by atoms with Gasteiger partial charge in [-0.25, -0.2) is 4.68 Å². The quantitative estimate of drug-likeness (QED) is 0.776. The van der Waals surface area contributed by atoms with E-state index in [1.54, 1.807) is 0 Å². The van der Waals surface area contributed by atoms with Crippen molar-refractivity contribution in [3.8, 4) is 0 Å². The van der Waals surface area contributed by atoms with Crippen LogP contribution in [0.3, 0.4) is 0 Å². The molecule has 0 saturated carbocycles. The standard InChI is InChI=1S/C11H22N4/c1-5-6-15-11(8-13-14-15)10(3)9(2)7-12-4/h8-10,12H,5-7H2,1-4H3. The summed E-state index contributed by atoms with van der Waals surface area (Å²) in [5.74, 6) is 1.10. The number of hydrogen-bond donors (Lipinski definition) is 1. The molecule has 0 amide bonds. The molecule has 1 aromatic heterocycles. The maximum atomic E-state index is 4.12. The lowest BCUT2D eigenvalue weighted by molar-refractivity contribution is 0.429. The van der Waals surface area contributed by atoms with E-state index in [9.17, 15) is 0 Å². The molecule has 0 saturated heterocycles. The third-order valence-electron chi connectivity index (χ3n) is 2.93. The summed E-state index contributed by atoms with van der Waals surface area (Å²) in [5, 5.41) is 11.3. The molecule has 0 aromatic carbocycles. The monoisotopic (exact) mass is 210 g/mol. The Morgan fingerprint density at radius 1 is 1.47 bits per heavy atom. The van der Waals surface area contributed by atoms with Crippen LogP contribution in [0.25, 0.3) is 0 Å². The summed E-state index contributed by atoms with van der Waals surface area (Å²) in [4.78, 5) is 0. The van der Waals surface area contributed by atoms with Gasteiger partial charge in [-0.05, 0) is 25.9 Å². The second kappa shape index (κ2) is 5.85. The molecule has 1 N–H and O–H groups in total. The largest absolute Gasteiger partial charge is 0.319 e. The van der Waals surface area contributed by atoms with Crippen LogP contribution < -0.4 is 5.32 Å². The Hall–Kier alpha value is -0.900. The fraction of sp³-hybridized carbons (Fsp3) is 0.818. The van der Waals surface area contributed by atoms with Crippen LogP contribution in [0.15, 0.2) is 6.20 Å². The highest BCUT2D eigenvalue weighted by Gasteiger charge is 2.17. The minimum absolute atomic E-state index is 0.499. The first kappa shape index (κ1) is 12.2. The lowest BCUT2D eigenvalue weighted by atomic mass is 9.93. The highest BCUT2D eigenvalue weighted by molar-refractivity contribution is 5.03. The predicted octanol–water partition coefficient (Wildman–Crippen LogP) is 1.65. The van der Waals surface area contributed by atoms with E-state index in [0.29, 0.717) is 11.8 Å². The van der Waals surface area contributed by atoms with E-state index in [4.69, 9.17) is 0 Å². The van der Waals surface area contributed by atoms with E-state index < -0.39 is 0 Å². The minimum atomic E-state index is 0.499. The van der Waals surface area contributed by atoms with Crippen LogP contribution in [-0.4, -0.2) is 28.6 Å². The molecule has 0 radical (unpaired) electrons. The Kier molecular flexibility index (Phi) is 4.75. The maximum Gasteiger partial charge on any atom is 0.0728 e. The number of hydrogen-bond acceptors (Lipinski definition) is 3. The molecule has 1 heterocycles. The zero-order chi connectivity index (χ0) is 11.3. The molecule has 2 atom stereocenters. The predicted molar refractivity (Wildman–Crippen MR) is 61.8 cm³/mol. The van der Waals surface area contributed by atoms with Gasteiger partial charge < -0.3 is 5.32 Å². The van der Waals surface area contributed by atoms with Gasteiger partial charge in [0.1, 0.15) is 0 Å². The third-order valence-corrected chi connectivity index (χ3v) is 2.93. The summed E-state index contributed by atoms with van der Waals surface area (Å²) in [6.07, 6.45) is 3.00. The number of nitrogens with zero attached hydrogens (tertiary/aromatic N) is 3. The highest BCUT2D eigenvalue weighted by Crippen LogP contribution is 2.22. The fourth-order valence-corrected chi connectivity index (χ4v) is 1.79. The number of nitrogens with one attached hydrogen (secondary N) is 1. The van der Waals surface area contributed by atoms with Gasteiger partial charge in [-0.3, -0.25) is 0 Å². The van der Waals surface area contributed by atoms with Gasteiger partial charge in [-0.1, -0.05) is 26.0 Å². The van der Waals surface area contributed by atoms with Crippen molar-refractivity contribution in [3.05, 3.63) is 11.9 Å². The average molecular weight is 210 g/mol. The molecule has 0 spiro atoms. The Balaban J connectivity index is 2.71. The molecule has 4 nitrogen and oxygen atoms in total. The first-order valence-electron chi connectivity index (χ1n) is 5.73. The van der Waals surface area contributed by atoms with Crippen molar-refractivity contribution in [1.82, 2.24) is 20.3 Å². The molecule has 0 aliphatic carbocycles. The fourth-order valence-electron chi connectivity index (χ4n) is 1.79. The number of aryl methyl sites for hydroxylation is 1. The van der Waals surface area contributed by atoms with Crippen molar-refractivity contribution in [2.45, 2.75) is 39.7 Å². The lowest BCUT2D eigenvalue weighted by Gasteiger charge is -2.19. The SMILES string of the molecule is CCCn1nncc1C(C)C(C)CNC. The molecule has 4 heteroatoms. The number of rotatable bonds is 6. The van der Waals surface area contributed by atoms with Crippen molar-refractivity contribution in [3.63, 3.8) is 0 Å². The molecule has 0 fully saturated rings. The molecule has 15 heavy (non-hydrogen) atoms. The summed E-state index contributed by atoms with van der Waals surface area (Å²) < 4.78 is 2.02. The summed E-state index contributed by atoms with van der Waals surface area (Å²) >= 11 is 0. The van der Waals surface area contributed by atoms with Crippen LogP contribution in [0.5, 0.6) is 0 Å². The topological polar surface area (TPSA) is 42.7 Å². The summed E-state index contributed by atoms with van der Waals surface area (Å²) in [6, 6.07) is 0. The molecular formula is C11H22N4. The second-order valence-corrected chi connectivity index (χ2v) is 4.21. The van der Waals surface area contributed by atoms with E-state index >= 15 is 0 Å². The van der Waals surface area contributed by atoms with Crippen molar-refractivity contribution < 1.29 is 0 Å². The van der Waals surface area contributed by atoms with Gasteiger partial charge in [0.05, 0.1) is 11.9 Å². The van der Waals surface area contributed by atoms with Crippen LogP contribution >= 0.6 is 0 Å². The molecule has 0 aliphatic rings. The Morgan fingerprint density at radius 2 is 2.20 bits per heavy atom. The van der Waals surface area contributed by atoms with Gasteiger partial charge in [0, 0.05) is 12.5 Å². The summed E-state index contributed by atoms with van der Waals surface area (Å²) in [6.45, 7) is 8.65. The molecule has 2 unspecified atom stereocenters. The van der Waals surface area contributed by atoms with Gasteiger partial charge in [-0.2, -0.15) is 0 Å². The summed E-state index contributed by atoms with van der Waals surface area (Å²) in [7, 11) is 1.99. The van der Waals surface area contributed by atoms with Crippen molar-refractivity contribution in [2.75, 3.05) is 13.6 Å². The van der Waals surface area contributed by atoms with Crippen LogP contribution in [0.4, 0.5) is 0 Å². The van der Waals surface area contributed by atoms with Crippen LogP contribution in [0.1, 0.15) is 38.8 Å². The first-order chi connectivity index (χ1) is 7.20. The Labute approximate surface area is 92.1 Å². The van der Waals surface area contributed by atoms with Crippen LogP contribution in [0, 0.1) is 5.92 Å². The van der Waals surface area contributed by atoms with Crippen molar-refractivity contribution >= 4 is 0 Å². The van der Waals surface area contributed by atoms with Crippen molar-refractivity contribution in [1.29, 1.82) is 0 Å². The van der Waals surface area contributed by atoms with Crippen molar-refractivity contribution in [2.24, 2.45) is 5.92 Å². The van der Waals surface area contributed by atoms with Gasteiger partial charge >= 0.3 is 0 Å². The Morgan fingerprint density at radius 3 is 2.80 bits per heavy atom. The smallest absolute Gasteiger partial charge is 0.0728 e. The second-order valence-electron chi connectivity index (χ2n) is 4.21. The molecule has 86 valence electrons. The van der Waals surface area contributed by atoms with E-state index in [-0.39, 0.29) is 0 Å². The number of aromatic nitrogens is 3. The van der Waals surface area contributed by atoms with E-state index in [2.05, 4.69) is 36.4 Å². The first-order valence-corrected chi connectivity index (χ1v) is 5.73. The molecule has 1 aromatic rings. The summed E-state index contributed by atoms with van der Waals surface area (Å²) in [5.41, 5.74) is 1.25. The normalized spacial score (nSPS) is 15.2. The van der Waals surface area contributed by atoms with Gasteiger partial charge in [0.2, 0.25) is 0 Å². The highest BCUT2D eigenvalue weighted by atomic mass is 15.4. The molecule has 0 aliphatic heterocycles. The van der Waals surface area contributed by atoms with Gasteiger partial charge in [0.25, 0.3) is 0 Å². The average Bonchev–Trinajstić information content (AvgIpc) is 2.66. The van der Waals surface area contributed by atoms with E-state index in [1.165, 1.54) is 5.69 Å². The van der Waals surface area contributed by atoms with Crippen LogP contribution in [0.2, 0.25) is 0 Å². The van der Waals surface area contributed by atoms with Crippen LogP contribution in [-0.2, 0) is 6.54 Å². The zero-order valence-corrected chi connectivity index (χ0v) is 10.2. The third kappa shape index (κ3) is 3.02. The van der Waals surface area contributed by atoms with Gasteiger partial charge in [0.15, 0.2) is 0 Å². The molecule has 0 bridgehead atoms. The van der Waals surface area contributed by atoms with E-state index in [1.807, 2.05) is 17.9 Å². The minimum Gasteiger partial charge on any atom is -0.319 e. The Bertz CT molecular complexity index is 282. The van der Waals surface area contributed by atoms with E-state index in [0.717, 1.165) is 19.5 Å². The molecule has 1 rings (SSSR count). The zero-order valence-electron chi connectivity index (χ0n) is 10.2.